The number of hydrogen-bond donors (Lipinski definition) is 2. The minimum absolute atomic E-state index is 0.110. The molecule has 0 radical (unpaired) electrons. The summed E-state index contributed by atoms with van der Waals surface area (Å²) >= 11 is 0. The number of rotatable bonds is 5. The molecule has 164 valence electrons. The van der Waals surface area contributed by atoms with Gasteiger partial charge in [-0.25, -0.2) is 0 Å². The van der Waals surface area contributed by atoms with Gasteiger partial charge in [-0.3, -0.25) is 0 Å². The van der Waals surface area contributed by atoms with Crippen LogP contribution in [0, 0.1) is 5.41 Å². The fraction of sp³-hybridized carbons (Fsp3) is 0.357. The maximum atomic E-state index is 10.8. The Bertz CT molecular complexity index is 973. The Labute approximate surface area is 186 Å². The second kappa shape index (κ2) is 8.86. The number of ether oxygens (including phenoxy) is 1. The van der Waals surface area contributed by atoms with Crippen LogP contribution in [0.1, 0.15) is 76.0 Å². The molecule has 0 spiro atoms. The summed E-state index contributed by atoms with van der Waals surface area (Å²) in [5, 5.41) is 21.2. The van der Waals surface area contributed by atoms with Crippen molar-refractivity contribution in [1.29, 1.82) is 0 Å². The minimum Gasteiger partial charge on any atom is -0.457 e. The molecular formula is C28H34O3. The van der Waals surface area contributed by atoms with E-state index < -0.39 is 12.2 Å². The van der Waals surface area contributed by atoms with Crippen LogP contribution in [0.15, 0.2) is 72.8 Å². The van der Waals surface area contributed by atoms with Gasteiger partial charge < -0.3 is 14.9 Å². The Morgan fingerprint density at radius 2 is 0.968 bits per heavy atom. The molecule has 0 saturated carbocycles. The monoisotopic (exact) mass is 418 g/mol. The summed E-state index contributed by atoms with van der Waals surface area (Å²) in [6.45, 7) is 12.6. The molecule has 0 aliphatic carbocycles. The summed E-state index contributed by atoms with van der Waals surface area (Å²) < 4.78 is 5.95. The van der Waals surface area contributed by atoms with E-state index in [1.54, 1.807) is 0 Å². The predicted molar refractivity (Wildman–Crippen MR) is 127 cm³/mol. The first kappa shape index (κ1) is 23.1. The molecule has 0 fully saturated rings. The second-order valence-electron chi connectivity index (χ2n) is 10.3. The minimum atomic E-state index is -0.735. The largest absolute Gasteiger partial charge is 0.457 e. The summed E-state index contributed by atoms with van der Waals surface area (Å²) in [4.78, 5) is 0. The van der Waals surface area contributed by atoms with Gasteiger partial charge in [0.2, 0.25) is 0 Å². The van der Waals surface area contributed by atoms with Crippen LogP contribution in [0.4, 0.5) is 0 Å². The van der Waals surface area contributed by atoms with Crippen molar-refractivity contribution in [3.63, 3.8) is 0 Å². The zero-order chi connectivity index (χ0) is 22.8. The third kappa shape index (κ3) is 5.75. The Morgan fingerprint density at radius 1 is 0.581 bits per heavy atom. The lowest BCUT2D eigenvalue weighted by Crippen LogP contribution is -2.17. The molecule has 3 nitrogen and oxygen atoms in total. The standard InChI is InChI=1S/C28H34O3/c1-27(2,3)22-13-17-24(18-14-22)31-23-15-11-20(12-16-23)25(29)19-7-9-21(10-8-19)26(30)28(4,5)6/h7-18,25-26,29-30H,1-6H3/t25-,26+/m1/s1. The molecule has 3 aromatic carbocycles. The van der Waals surface area contributed by atoms with Crippen molar-refractivity contribution in [2.24, 2.45) is 5.41 Å². The molecule has 3 heteroatoms. The normalized spacial score (nSPS) is 14.2. The van der Waals surface area contributed by atoms with E-state index in [0.717, 1.165) is 28.2 Å². The topological polar surface area (TPSA) is 49.7 Å². The van der Waals surface area contributed by atoms with Crippen LogP contribution in [0.3, 0.4) is 0 Å². The van der Waals surface area contributed by atoms with Crippen LogP contribution in [-0.4, -0.2) is 10.2 Å². The lowest BCUT2D eigenvalue weighted by Gasteiger charge is -2.26. The van der Waals surface area contributed by atoms with Gasteiger partial charge in [-0.1, -0.05) is 90.1 Å². The SMILES string of the molecule is CC(C)(C)c1ccc(Oc2ccc([C@H](O)c3ccc([C@H](O)C(C)(C)C)cc3)cc2)cc1. The van der Waals surface area contributed by atoms with Crippen LogP contribution < -0.4 is 4.74 Å². The average molecular weight is 419 g/mol. The molecule has 0 aliphatic heterocycles. The molecular weight excluding hydrogens is 384 g/mol. The van der Waals surface area contributed by atoms with Gasteiger partial charge in [0.05, 0.1) is 6.10 Å². The van der Waals surface area contributed by atoms with E-state index in [0.29, 0.717) is 0 Å². The third-order valence-corrected chi connectivity index (χ3v) is 5.54. The zero-order valence-electron chi connectivity index (χ0n) is 19.4. The fourth-order valence-electron chi connectivity index (χ4n) is 3.43. The van der Waals surface area contributed by atoms with Gasteiger partial charge in [0, 0.05) is 0 Å². The average Bonchev–Trinajstić information content (AvgIpc) is 2.72. The van der Waals surface area contributed by atoms with E-state index in [4.69, 9.17) is 4.74 Å². The van der Waals surface area contributed by atoms with Crippen LogP contribution in [0.25, 0.3) is 0 Å². The molecule has 0 bridgehead atoms. The highest BCUT2D eigenvalue weighted by Gasteiger charge is 2.24. The van der Waals surface area contributed by atoms with Crippen LogP contribution in [0.2, 0.25) is 0 Å². The highest BCUT2D eigenvalue weighted by molar-refractivity contribution is 5.39. The molecule has 3 aromatic rings. The Balaban J connectivity index is 1.68. The first-order valence-electron chi connectivity index (χ1n) is 10.8. The van der Waals surface area contributed by atoms with Crippen LogP contribution >= 0.6 is 0 Å². The quantitative estimate of drug-likeness (QED) is 0.472. The molecule has 0 aromatic heterocycles. The third-order valence-electron chi connectivity index (χ3n) is 5.54. The Kier molecular flexibility index (Phi) is 6.59. The van der Waals surface area contributed by atoms with Gasteiger partial charge in [0.1, 0.15) is 17.6 Å². The molecule has 0 amide bonds. The lowest BCUT2D eigenvalue weighted by atomic mass is 9.84. The number of benzene rings is 3. The van der Waals surface area contributed by atoms with Crippen molar-refractivity contribution in [2.75, 3.05) is 0 Å². The molecule has 2 N–H and O–H groups in total. The van der Waals surface area contributed by atoms with Gasteiger partial charge in [0.25, 0.3) is 0 Å². The van der Waals surface area contributed by atoms with E-state index in [1.807, 2.05) is 81.4 Å². The molecule has 0 unspecified atom stereocenters. The van der Waals surface area contributed by atoms with Gasteiger partial charge >= 0.3 is 0 Å². The summed E-state index contributed by atoms with van der Waals surface area (Å²) in [7, 11) is 0. The fourth-order valence-corrected chi connectivity index (χ4v) is 3.43. The molecule has 31 heavy (non-hydrogen) atoms. The lowest BCUT2D eigenvalue weighted by molar-refractivity contribution is 0.0626. The summed E-state index contributed by atoms with van der Waals surface area (Å²) in [6, 6.07) is 23.1. The second-order valence-corrected chi connectivity index (χ2v) is 10.3. The van der Waals surface area contributed by atoms with Crippen molar-refractivity contribution in [1.82, 2.24) is 0 Å². The Hall–Kier alpha value is -2.62. The Morgan fingerprint density at radius 3 is 1.39 bits per heavy atom. The predicted octanol–water partition coefficient (Wildman–Crippen LogP) is 6.94. The highest BCUT2D eigenvalue weighted by atomic mass is 16.5. The van der Waals surface area contributed by atoms with Crippen LogP contribution in [0.5, 0.6) is 11.5 Å². The summed E-state index contributed by atoms with van der Waals surface area (Å²) in [6.07, 6.45) is -1.28. The van der Waals surface area contributed by atoms with E-state index in [1.165, 1.54) is 5.56 Å². The van der Waals surface area contributed by atoms with Crippen molar-refractivity contribution < 1.29 is 14.9 Å². The number of aliphatic hydroxyl groups excluding tert-OH is 2. The van der Waals surface area contributed by atoms with Crippen molar-refractivity contribution in [3.8, 4) is 11.5 Å². The number of hydrogen-bond acceptors (Lipinski definition) is 3. The molecule has 0 saturated heterocycles. The molecule has 0 heterocycles. The van der Waals surface area contributed by atoms with Crippen molar-refractivity contribution in [3.05, 3.63) is 95.1 Å². The maximum Gasteiger partial charge on any atom is 0.127 e. The molecule has 3 rings (SSSR count). The van der Waals surface area contributed by atoms with Crippen LogP contribution in [-0.2, 0) is 5.41 Å². The van der Waals surface area contributed by atoms with Crippen molar-refractivity contribution >= 4 is 0 Å². The van der Waals surface area contributed by atoms with Crippen molar-refractivity contribution in [2.45, 2.75) is 59.2 Å². The maximum absolute atomic E-state index is 10.8. The smallest absolute Gasteiger partial charge is 0.127 e. The summed E-state index contributed by atoms with van der Waals surface area (Å²) in [5.41, 5.74) is 3.57. The van der Waals surface area contributed by atoms with Gasteiger partial charge in [-0.2, -0.15) is 0 Å². The van der Waals surface area contributed by atoms with Gasteiger partial charge in [-0.15, -0.1) is 0 Å². The first-order valence-corrected chi connectivity index (χ1v) is 10.8. The zero-order valence-corrected chi connectivity index (χ0v) is 19.4. The summed E-state index contributed by atoms with van der Waals surface area (Å²) in [5.74, 6) is 1.51. The van der Waals surface area contributed by atoms with E-state index in [9.17, 15) is 10.2 Å². The van der Waals surface area contributed by atoms with Gasteiger partial charge in [-0.05, 0) is 57.3 Å². The van der Waals surface area contributed by atoms with E-state index in [-0.39, 0.29) is 10.8 Å². The van der Waals surface area contributed by atoms with E-state index >= 15 is 0 Å². The first-order chi connectivity index (χ1) is 14.4. The number of aliphatic hydroxyl groups is 2. The van der Waals surface area contributed by atoms with E-state index in [2.05, 4.69) is 32.9 Å². The highest BCUT2D eigenvalue weighted by Crippen LogP contribution is 2.34. The molecule has 2 atom stereocenters. The van der Waals surface area contributed by atoms with Gasteiger partial charge in [0.15, 0.2) is 0 Å². The molecule has 0 aliphatic rings.